The molecule has 0 saturated heterocycles. The molecule has 0 aliphatic rings. The SMILES string of the molecule is COC(=O)N(C)c1ccccc1C(=O)OCC(=O)NC(=O)c1ccc(OC(F)F)cc1. The molecule has 0 heterocycles. The number of carbonyl (C=O) groups excluding carboxylic acids is 4. The number of anilines is 1. The second-order valence-corrected chi connectivity index (χ2v) is 5.90. The fraction of sp³-hybridized carbons (Fsp3) is 0.200. The second-order valence-electron chi connectivity index (χ2n) is 5.90. The molecule has 0 aromatic heterocycles. The topological polar surface area (TPSA) is 111 Å². The molecule has 164 valence electrons. The van der Waals surface area contributed by atoms with Crippen molar-refractivity contribution in [3.8, 4) is 5.75 Å². The van der Waals surface area contributed by atoms with Gasteiger partial charge in [-0.3, -0.25) is 19.8 Å². The molecule has 31 heavy (non-hydrogen) atoms. The molecule has 2 rings (SSSR count). The van der Waals surface area contributed by atoms with Gasteiger partial charge in [-0.25, -0.2) is 9.59 Å². The molecule has 2 aromatic carbocycles. The fourth-order valence-electron chi connectivity index (χ4n) is 2.41. The number of hydrogen-bond donors (Lipinski definition) is 1. The molecule has 0 radical (unpaired) electrons. The van der Waals surface area contributed by atoms with E-state index in [4.69, 9.17) is 4.74 Å². The van der Waals surface area contributed by atoms with Gasteiger partial charge >= 0.3 is 18.7 Å². The zero-order chi connectivity index (χ0) is 23.0. The van der Waals surface area contributed by atoms with Gasteiger partial charge in [0.25, 0.3) is 11.8 Å². The third kappa shape index (κ3) is 6.49. The van der Waals surface area contributed by atoms with Crippen molar-refractivity contribution in [1.82, 2.24) is 5.32 Å². The molecule has 9 nitrogen and oxygen atoms in total. The van der Waals surface area contributed by atoms with E-state index in [0.29, 0.717) is 0 Å². The Kier molecular flexibility index (Phi) is 8.01. The Balaban J connectivity index is 1.95. The van der Waals surface area contributed by atoms with Gasteiger partial charge < -0.3 is 14.2 Å². The zero-order valence-electron chi connectivity index (χ0n) is 16.5. The summed E-state index contributed by atoms with van der Waals surface area (Å²) in [6.07, 6.45) is -0.714. The van der Waals surface area contributed by atoms with Crippen LogP contribution in [0.5, 0.6) is 5.75 Å². The molecule has 0 unspecified atom stereocenters. The minimum Gasteiger partial charge on any atom is -0.452 e. The number of alkyl halides is 2. The van der Waals surface area contributed by atoms with E-state index >= 15 is 0 Å². The van der Waals surface area contributed by atoms with Crippen molar-refractivity contribution in [3.05, 3.63) is 59.7 Å². The van der Waals surface area contributed by atoms with Crippen LogP contribution < -0.4 is 15.0 Å². The molecule has 11 heteroatoms. The first kappa shape index (κ1) is 23.3. The van der Waals surface area contributed by atoms with Crippen molar-refractivity contribution in [3.63, 3.8) is 0 Å². The first-order chi connectivity index (χ1) is 14.7. The first-order valence-electron chi connectivity index (χ1n) is 8.69. The summed E-state index contributed by atoms with van der Waals surface area (Å²) in [7, 11) is 2.57. The minimum atomic E-state index is -3.01. The highest BCUT2D eigenvalue weighted by atomic mass is 19.3. The number of ether oxygens (including phenoxy) is 3. The summed E-state index contributed by atoms with van der Waals surface area (Å²) in [6.45, 7) is -3.78. The standard InChI is InChI=1S/C20H18F2N2O7/c1-24(20(28)29-2)15-6-4-3-5-14(15)18(27)30-11-16(25)23-17(26)12-7-9-13(10-8-12)31-19(21)22/h3-10,19H,11H2,1-2H3,(H,23,25,26). The van der Waals surface area contributed by atoms with Gasteiger partial charge in [0, 0.05) is 12.6 Å². The summed E-state index contributed by atoms with van der Waals surface area (Å²) in [6, 6.07) is 10.7. The van der Waals surface area contributed by atoms with Gasteiger partial charge in [0.05, 0.1) is 18.4 Å². The molecule has 0 fully saturated rings. The lowest BCUT2D eigenvalue weighted by atomic mass is 10.1. The average Bonchev–Trinajstić information content (AvgIpc) is 2.76. The molecule has 0 atom stereocenters. The van der Waals surface area contributed by atoms with Crippen LogP contribution in [0.2, 0.25) is 0 Å². The Labute approximate surface area is 175 Å². The van der Waals surface area contributed by atoms with Gasteiger partial charge in [0.1, 0.15) is 5.75 Å². The van der Waals surface area contributed by atoms with Crippen LogP contribution in [0.3, 0.4) is 0 Å². The number of para-hydroxylation sites is 1. The van der Waals surface area contributed by atoms with E-state index in [-0.39, 0.29) is 22.6 Å². The average molecular weight is 436 g/mol. The predicted octanol–water partition coefficient (Wildman–Crippen LogP) is 2.60. The lowest BCUT2D eigenvalue weighted by molar-refractivity contribution is -0.123. The normalized spacial score (nSPS) is 10.2. The number of nitrogens with zero attached hydrogens (tertiary/aromatic N) is 1. The molecule has 0 aliphatic carbocycles. The highest BCUT2D eigenvalue weighted by molar-refractivity contribution is 6.06. The Bertz CT molecular complexity index is 964. The largest absolute Gasteiger partial charge is 0.452 e. The summed E-state index contributed by atoms with van der Waals surface area (Å²) in [5, 5.41) is 2.00. The molecule has 0 aliphatic heterocycles. The number of benzene rings is 2. The van der Waals surface area contributed by atoms with Crippen LogP contribution in [-0.2, 0) is 14.3 Å². The molecular formula is C20H18F2N2O7. The number of amides is 3. The molecule has 0 spiro atoms. The third-order valence-electron chi connectivity index (χ3n) is 3.86. The van der Waals surface area contributed by atoms with Gasteiger partial charge in [-0.2, -0.15) is 8.78 Å². The predicted molar refractivity (Wildman–Crippen MR) is 103 cm³/mol. The third-order valence-corrected chi connectivity index (χ3v) is 3.86. The maximum Gasteiger partial charge on any atom is 0.413 e. The van der Waals surface area contributed by atoms with Crippen molar-refractivity contribution >= 4 is 29.6 Å². The van der Waals surface area contributed by atoms with Crippen molar-refractivity contribution in [2.75, 3.05) is 25.7 Å². The number of esters is 1. The number of hydrogen-bond acceptors (Lipinski definition) is 7. The quantitative estimate of drug-likeness (QED) is 0.664. The summed E-state index contributed by atoms with van der Waals surface area (Å²) >= 11 is 0. The van der Waals surface area contributed by atoms with Crippen molar-refractivity contribution in [2.24, 2.45) is 0 Å². The van der Waals surface area contributed by atoms with Gasteiger partial charge in [-0.1, -0.05) is 12.1 Å². The van der Waals surface area contributed by atoms with Gasteiger partial charge in [0.2, 0.25) is 0 Å². The van der Waals surface area contributed by atoms with E-state index in [1.165, 1.54) is 44.5 Å². The summed E-state index contributed by atoms with van der Waals surface area (Å²) in [5.41, 5.74) is 0.206. The zero-order valence-corrected chi connectivity index (χ0v) is 16.5. The van der Waals surface area contributed by atoms with Crippen LogP contribution in [0.1, 0.15) is 20.7 Å². The van der Waals surface area contributed by atoms with Gasteiger partial charge in [-0.15, -0.1) is 0 Å². The number of carbonyl (C=O) groups is 4. The lowest BCUT2D eigenvalue weighted by Gasteiger charge is -2.18. The van der Waals surface area contributed by atoms with Crippen LogP contribution in [0, 0.1) is 0 Å². The highest BCUT2D eigenvalue weighted by Crippen LogP contribution is 2.21. The number of halogens is 2. The monoisotopic (exact) mass is 436 g/mol. The number of rotatable bonds is 7. The van der Waals surface area contributed by atoms with E-state index in [2.05, 4.69) is 9.47 Å². The van der Waals surface area contributed by atoms with Crippen molar-refractivity contribution < 1.29 is 42.2 Å². The van der Waals surface area contributed by atoms with E-state index in [1.54, 1.807) is 6.07 Å². The van der Waals surface area contributed by atoms with Gasteiger partial charge in [-0.05, 0) is 36.4 Å². The van der Waals surface area contributed by atoms with Crippen LogP contribution in [0.15, 0.2) is 48.5 Å². The summed E-state index contributed by atoms with van der Waals surface area (Å²) < 4.78 is 37.9. The number of imide groups is 1. The molecule has 1 N–H and O–H groups in total. The number of nitrogens with one attached hydrogen (secondary N) is 1. The van der Waals surface area contributed by atoms with E-state index in [9.17, 15) is 28.0 Å². The molecule has 0 saturated carbocycles. The Hall–Kier alpha value is -4.02. The van der Waals surface area contributed by atoms with E-state index in [1.807, 2.05) is 5.32 Å². The van der Waals surface area contributed by atoms with Crippen LogP contribution in [0.4, 0.5) is 19.3 Å². The Morgan fingerprint density at radius 1 is 1.03 bits per heavy atom. The van der Waals surface area contributed by atoms with Crippen molar-refractivity contribution in [1.29, 1.82) is 0 Å². The maximum atomic E-state index is 12.3. The maximum absolute atomic E-state index is 12.3. The number of methoxy groups -OCH3 is 1. The fourth-order valence-corrected chi connectivity index (χ4v) is 2.41. The summed E-state index contributed by atoms with van der Waals surface area (Å²) in [4.78, 5) is 49.1. The van der Waals surface area contributed by atoms with E-state index < -0.39 is 37.1 Å². The molecule has 0 bridgehead atoms. The molecular weight excluding hydrogens is 418 g/mol. The van der Waals surface area contributed by atoms with E-state index in [0.717, 1.165) is 17.0 Å². The van der Waals surface area contributed by atoms with Crippen molar-refractivity contribution in [2.45, 2.75) is 6.61 Å². The Morgan fingerprint density at radius 3 is 2.29 bits per heavy atom. The van der Waals surface area contributed by atoms with Crippen LogP contribution in [0.25, 0.3) is 0 Å². The second kappa shape index (κ2) is 10.7. The van der Waals surface area contributed by atoms with Gasteiger partial charge in [0.15, 0.2) is 6.61 Å². The Morgan fingerprint density at radius 2 is 1.68 bits per heavy atom. The lowest BCUT2D eigenvalue weighted by Crippen LogP contribution is -2.34. The minimum absolute atomic E-state index is 0.00384. The highest BCUT2D eigenvalue weighted by Gasteiger charge is 2.21. The summed E-state index contributed by atoms with van der Waals surface area (Å²) in [5.74, 6) is -2.79. The van der Waals surface area contributed by atoms with Crippen LogP contribution >= 0.6 is 0 Å². The molecule has 3 amide bonds. The molecule has 2 aromatic rings. The smallest absolute Gasteiger partial charge is 0.413 e. The first-order valence-corrected chi connectivity index (χ1v) is 8.69. The van der Waals surface area contributed by atoms with Crippen LogP contribution in [-0.4, -0.2) is 51.3 Å².